The molecule has 1 aliphatic heterocycles. The first kappa shape index (κ1) is 12.9. The maximum absolute atomic E-state index is 10.9. The molecule has 1 saturated heterocycles. The van der Waals surface area contributed by atoms with E-state index in [0.717, 1.165) is 25.7 Å². The Kier molecular flexibility index (Phi) is 3.47. The van der Waals surface area contributed by atoms with Gasteiger partial charge in [0.05, 0.1) is 23.2 Å². The third-order valence-electron chi connectivity index (χ3n) is 4.84. The van der Waals surface area contributed by atoms with Crippen molar-refractivity contribution in [2.75, 3.05) is 6.61 Å². The van der Waals surface area contributed by atoms with Crippen LogP contribution >= 0.6 is 0 Å². The van der Waals surface area contributed by atoms with Crippen molar-refractivity contribution in [1.29, 1.82) is 5.26 Å². The SMILES string of the molecule is CCC1CCC(C#N)(C2(O)CCOC(C)C2)C1. The molecule has 0 radical (unpaired) electrons. The standard InChI is InChI=1S/C14H23NO2/c1-3-12-4-5-13(9-12,10-15)14(16)6-7-17-11(2)8-14/h11-12,16H,3-9H2,1-2H3. The lowest BCUT2D eigenvalue weighted by atomic mass is 9.66. The van der Waals surface area contributed by atoms with Gasteiger partial charge >= 0.3 is 0 Å². The van der Waals surface area contributed by atoms with Crippen LogP contribution in [-0.2, 0) is 4.74 Å². The highest BCUT2D eigenvalue weighted by Gasteiger charge is 2.55. The largest absolute Gasteiger partial charge is 0.388 e. The molecule has 2 aliphatic rings. The average molecular weight is 237 g/mol. The van der Waals surface area contributed by atoms with Crippen molar-refractivity contribution in [3.8, 4) is 6.07 Å². The lowest BCUT2D eigenvalue weighted by Gasteiger charge is -2.45. The van der Waals surface area contributed by atoms with Gasteiger partial charge in [0.1, 0.15) is 0 Å². The fourth-order valence-corrected chi connectivity index (χ4v) is 3.62. The van der Waals surface area contributed by atoms with Crippen LogP contribution in [0.1, 0.15) is 52.4 Å². The summed E-state index contributed by atoms with van der Waals surface area (Å²) < 4.78 is 5.51. The molecule has 4 atom stereocenters. The Morgan fingerprint density at radius 3 is 2.71 bits per heavy atom. The molecule has 1 N–H and O–H groups in total. The number of hydrogen-bond donors (Lipinski definition) is 1. The van der Waals surface area contributed by atoms with E-state index in [-0.39, 0.29) is 6.10 Å². The van der Waals surface area contributed by atoms with Crippen molar-refractivity contribution in [3.63, 3.8) is 0 Å². The second kappa shape index (κ2) is 4.59. The van der Waals surface area contributed by atoms with Crippen LogP contribution in [-0.4, -0.2) is 23.4 Å². The van der Waals surface area contributed by atoms with E-state index in [4.69, 9.17) is 4.74 Å². The molecule has 2 rings (SSSR count). The quantitative estimate of drug-likeness (QED) is 0.803. The van der Waals surface area contributed by atoms with Crippen LogP contribution in [0.25, 0.3) is 0 Å². The number of ether oxygens (including phenoxy) is 1. The molecule has 1 aliphatic carbocycles. The van der Waals surface area contributed by atoms with E-state index in [0.29, 0.717) is 25.4 Å². The molecule has 0 aromatic rings. The van der Waals surface area contributed by atoms with E-state index in [2.05, 4.69) is 13.0 Å². The Bertz CT molecular complexity index is 325. The normalized spacial score (nSPS) is 46.7. The second-order valence-electron chi connectivity index (χ2n) is 5.88. The van der Waals surface area contributed by atoms with E-state index < -0.39 is 11.0 Å². The Morgan fingerprint density at radius 2 is 2.18 bits per heavy atom. The highest BCUT2D eigenvalue weighted by Crippen LogP contribution is 2.53. The van der Waals surface area contributed by atoms with E-state index >= 15 is 0 Å². The zero-order valence-electron chi connectivity index (χ0n) is 10.9. The Balaban J connectivity index is 2.20. The van der Waals surface area contributed by atoms with Gasteiger partial charge in [-0.2, -0.15) is 5.26 Å². The van der Waals surface area contributed by atoms with Gasteiger partial charge in [-0.1, -0.05) is 13.3 Å². The van der Waals surface area contributed by atoms with Crippen LogP contribution < -0.4 is 0 Å². The molecule has 1 saturated carbocycles. The summed E-state index contributed by atoms with van der Waals surface area (Å²) in [5, 5.41) is 20.5. The maximum atomic E-state index is 10.9. The zero-order valence-corrected chi connectivity index (χ0v) is 10.9. The minimum atomic E-state index is -0.830. The van der Waals surface area contributed by atoms with Gasteiger partial charge in [0.25, 0.3) is 0 Å². The van der Waals surface area contributed by atoms with Gasteiger partial charge < -0.3 is 9.84 Å². The molecule has 4 unspecified atom stereocenters. The molecule has 3 heteroatoms. The van der Waals surface area contributed by atoms with Crippen molar-refractivity contribution in [2.24, 2.45) is 11.3 Å². The predicted octanol–water partition coefficient (Wildman–Crippen LogP) is 2.64. The summed E-state index contributed by atoms with van der Waals surface area (Å²) >= 11 is 0. The highest BCUT2D eigenvalue weighted by atomic mass is 16.5. The fraction of sp³-hybridized carbons (Fsp3) is 0.929. The first-order chi connectivity index (χ1) is 8.05. The maximum Gasteiger partial charge on any atom is 0.0879 e. The number of rotatable bonds is 2. The molecule has 2 fully saturated rings. The van der Waals surface area contributed by atoms with Crippen molar-refractivity contribution in [2.45, 2.75) is 64.1 Å². The summed E-state index contributed by atoms with van der Waals surface area (Å²) in [5.74, 6) is 0.608. The van der Waals surface area contributed by atoms with Crippen molar-refractivity contribution < 1.29 is 9.84 Å². The summed E-state index contributed by atoms with van der Waals surface area (Å²) in [6, 6.07) is 2.47. The van der Waals surface area contributed by atoms with Crippen molar-refractivity contribution in [3.05, 3.63) is 0 Å². The number of nitrogens with zero attached hydrogens (tertiary/aromatic N) is 1. The molecule has 0 amide bonds. The minimum absolute atomic E-state index is 0.0691. The molecule has 3 nitrogen and oxygen atoms in total. The monoisotopic (exact) mass is 237 g/mol. The molecule has 0 bridgehead atoms. The smallest absolute Gasteiger partial charge is 0.0879 e. The van der Waals surface area contributed by atoms with Gasteiger partial charge in [-0.25, -0.2) is 0 Å². The van der Waals surface area contributed by atoms with Crippen molar-refractivity contribution in [1.82, 2.24) is 0 Å². The summed E-state index contributed by atoms with van der Waals surface area (Å²) in [4.78, 5) is 0. The van der Waals surface area contributed by atoms with Gasteiger partial charge in [-0.3, -0.25) is 0 Å². The highest BCUT2D eigenvalue weighted by molar-refractivity contribution is 5.15. The van der Waals surface area contributed by atoms with Crippen molar-refractivity contribution >= 4 is 0 Å². The van der Waals surface area contributed by atoms with E-state index in [9.17, 15) is 10.4 Å². The minimum Gasteiger partial charge on any atom is -0.388 e. The average Bonchev–Trinajstić information content (AvgIpc) is 2.74. The van der Waals surface area contributed by atoms with Gasteiger partial charge in [-0.05, 0) is 32.1 Å². The van der Waals surface area contributed by atoms with E-state index in [1.807, 2.05) is 6.92 Å². The number of aliphatic hydroxyl groups is 1. The van der Waals surface area contributed by atoms with Crippen LogP contribution in [0.5, 0.6) is 0 Å². The molecular formula is C14H23NO2. The van der Waals surface area contributed by atoms with E-state index in [1.54, 1.807) is 0 Å². The van der Waals surface area contributed by atoms with Crippen LogP contribution in [0.3, 0.4) is 0 Å². The van der Waals surface area contributed by atoms with Crippen LogP contribution in [0.4, 0.5) is 0 Å². The molecule has 96 valence electrons. The summed E-state index contributed by atoms with van der Waals surface area (Å²) in [7, 11) is 0. The predicted molar refractivity (Wildman–Crippen MR) is 65.3 cm³/mol. The van der Waals surface area contributed by atoms with Gasteiger partial charge in [0.2, 0.25) is 0 Å². The Labute approximate surface area is 104 Å². The molecule has 0 aromatic heterocycles. The van der Waals surface area contributed by atoms with E-state index in [1.165, 1.54) is 0 Å². The molecular weight excluding hydrogens is 214 g/mol. The van der Waals surface area contributed by atoms with Crippen LogP contribution in [0.2, 0.25) is 0 Å². The lowest BCUT2D eigenvalue weighted by molar-refractivity contribution is -0.146. The Hall–Kier alpha value is -0.590. The van der Waals surface area contributed by atoms with Gasteiger partial charge in [-0.15, -0.1) is 0 Å². The summed E-state index contributed by atoms with van der Waals surface area (Å²) in [5.41, 5.74) is -1.35. The topological polar surface area (TPSA) is 53.2 Å². The summed E-state index contributed by atoms with van der Waals surface area (Å²) in [6.07, 6.45) is 5.21. The molecule has 0 spiro atoms. The zero-order chi connectivity index (χ0) is 12.5. The number of hydrogen-bond acceptors (Lipinski definition) is 3. The summed E-state index contributed by atoms with van der Waals surface area (Å²) in [6.45, 7) is 4.74. The second-order valence-corrected chi connectivity index (χ2v) is 5.88. The molecule has 0 aromatic carbocycles. The van der Waals surface area contributed by atoms with Gasteiger partial charge in [0, 0.05) is 19.4 Å². The van der Waals surface area contributed by atoms with Crippen LogP contribution in [0, 0.1) is 22.7 Å². The number of nitriles is 1. The molecule has 17 heavy (non-hydrogen) atoms. The third-order valence-corrected chi connectivity index (χ3v) is 4.84. The third kappa shape index (κ3) is 2.09. The first-order valence-corrected chi connectivity index (χ1v) is 6.80. The Morgan fingerprint density at radius 1 is 1.41 bits per heavy atom. The first-order valence-electron chi connectivity index (χ1n) is 6.80. The molecule has 1 heterocycles. The van der Waals surface area contributed by atoms with Gasteiger partial charge in [0.15, 0.2) is 0 Å². The van der Waals surface area contributed by atoms with Crippen LogP contribution in [0.15, 0.2) is 0 Å². The lowest BCUT2D eigenvalue weighted by Crippen LogP contribution is -2.52. The fourth-order valence-electron chi connectivity index (χ4n) is 3.62.